The van der Waals surface area contributed by atoms with Crippen molar-refractivity contribution in [2.24, 2.45) is 5.73 Å². The Kier molecular flexibility index (Phi) is 12.9. The summed E-state index contributed by atoms with van der Waals surface area (Å²) in [4.78, 5) is 0. The van der Waals surface area contributed by atoms with Gasteiger partial charge in [0.2, 0.25) is 0 Å². The lowest BCUT2D eigenvalue weighted by atomic mass is 10.1. The molecule has 2 heteroatoms. The molecule has 2 N–H and O–H groups in total. The summed E-state index contributed by atoms with van der Waals surface area (Å²) in [6.45, 7) is 5.79. The van der Waals surface area contributed by atoms with Gasteiger partial charge >= 0.3 is 0 Å². The second-order valence-electron chi connectivity index (χ2n) is 4.68. The molecule has 1 unspecified atom stereocenters. The predicted molar refractivity (Wildman–Crippen MR) is 71.7 cm³/mol. The van der Waals surface area contributed by atoms with Gasteiger partial charge in [-0.15, -0.1) is 0 Å². The molecule has 2 nitrogen and oxygen atoms in total. The van der Waals surface area contributed by atoms with Gasteiger partial charge in [0.1, 0.15) is 0 Å². The molecule has 0 spiro atoms. The van der Waals surface area contributed by atoms with Gasteiger partial charge in [-0.2, -0.15) is 0 Å². The summed E-state index contributed by atoms with van der Waals surface area (Å²) < 4.78 is 5.29. The summed E-state index contributed by atoms with van der Waals surface area (Å²) in [6, 6.07) is 0.250. The van der Waals surface area contributed by atoms with Gasteiger partial charge in [-0.1, -0.05) is 58.3 Å². The molecule has 0 aliphatic rings. The maximum absolute atomic E-state index is 5.92. The highest BCUT2D eigenvalue weighted by molar-refractivity contribution is 4.59. The Labute approximate surface area is 102 Å². The summed E-state index contributed by atoms with van der Waals surface area (Å²) in [7, 11) is 0. The summed E-state index contributed by atoms with van der Waals surface area (Å²) in [5.74, 6) is 0. The van der Waals surface area contributed by atoms with Crippen molar-refractivity contribution >= 4 is 0 Å². The number of hydrogen-bond donors (Lipinski definition) is 1. The molecular weight excluding hydrogens is 198 g/mol. The topological polar surface area (TPSA) is 35.2 Å². The largest absolute Gasteiger partial charge is 0.380 e. The average Bonchev–Trinajstić information content (AvgIpc) is 2.30. The monoisotopic (exact) mass is 229 g/mol. The van der Waals surface area contributed by atoms with Crippen molar-refractivity contribution < 1.29 is 4.74 Å². The van der Waals surface area contributed by atoms with E-state index in [0.29, 0.717) is 0 Å². The first-order chi connectivity index (χ1) is 7.81. The minimum atomic E-state index is 0.250. The molecule has 1 atom stereocenters. The van der Waals surface area contributed by atoms with E-state index >= 15 is 0 Å². The van der Waals surface area contributed by atoms with Crippen LogP contribution in [0.5, 0.6) is 0 Å². The molecule has 0 fully saturated rings. The van der Waals surface area contributed by atoms with Gasteiger partial charge in [0.25, 0.3) is 0 Å². The molecule has 0 aromatic heterocycles. The molecule has 0 aromatic carbocycles. The van der Waals surface area contributed by atoms with Crippen LogP contribution in [-0.4, -0.2) is 19.3 Å². The van der Waals surface area contributed by atoms with Crippen molar-refractivity contribution in [1.82, 2.24) is 0 Å². The number of unbranched alkanes of at least 4 members (excludes halogenated alkanes) is 7. The van der Waals surface area contributed by atoms with E-state index in [1.165, 1.54) is 51.4 Å². The molecule has 0 aromatic rings. The van der Waals surface area contributed by atoms with Crippen LogP contribution in [0.25, 0.3) is 0 Å². The van der Waals surface area contributed by atoms with Gasteiger partial charge in [0.05, 0.1) is 6.61 Å². The molecule has 0 aliphatic carbocycles. The van der Waals surface area contributed by atoms with E-state index in [9.17, 15) is 0 Å². The maximum Gasteiger partial charge on any atom is 0.0617 e. The number of rotatable bonds is 12. The molecule has 98 valence electrons. The van der Waals surface area contributed by atoms with Gasteiger partial charge in [0.15, 0.2) is 0 Å². The lowest BCUT2D eigenvalue weighted by Crippen LogP contribution is -2.25. The van der Waals surface area contributed by atoms with Crippen molar-refractivity contribution in [1.29, 1.82) is 0 Å². The average molecular weight is 229 g/mol. The van der Waals surface area contributed by atoms with Crippen LogP contribution in [0.15, 0.2) is 0 Å². The zero-order valence-corrected chi connectivity index (χ0v) is 11.3. The minimum Gasteiger partial charge on any atom is -0.380 e. The summed E-state index contributed by atoms with van der Waals surface area (Å²) in [6.07, 6.45) is 12.1. The molecule has 0 saturated carbocycles. The standard InChI is InChI=1S/C14H31NO/c1-3-5-6-7-8-9-10-11-12-14(15)13-16-4-2/h14H,3-13,15H2,1-2H3. The first kappa shape index (κ1) is 15.9. The van der Waals surface area contributed by atoms with Crippen LogP contribution < -0.4 is 5.73 Å². The molecule has 0 rings (SSSR count). The normalized spacial score (nSPS) is 12.9. The second-order valence-corrected chi connectivity index (χ2v) is 4.68. The fourth-order valence-electron chi connectivity index (χ4n) is 1.89. The lowest BCUT2D eigenvalue weighted by molar-refractivity contribution is 0.130. The molecule has 0 heterocycles. The van der Waals surface area contributed by atoms with Gasteiger partial charge in [-0.25, -0.2) is 0 Å². The Hall–Kier alpha value is -0.0800. The van der Waals surface area contributed by atoms with Crippen molar-refractivity contribution in [3.05, 3.63) is 0 Å². The van der Waals surface area contributed by atoms with Crippen LogP contribution in [0.3, 0.4) is 0 Å². The third kappa shape index (κ3) is 12.0. The van der Waals surface area contributed by atoms with Crippen molar-refractivity contribution in [3.8, 4) is 0 Å². The molecule has 0 radical (unpaired) electrons. The number of nitrogens with two attached hydrogens (primary N) is 1. The van der Waals surface area contributed by atoms with Gasteiger partial charge in [-0.05, 0) is 13.3 Å². The maximum atomic E-state index is 5.92. The first-order valence-corrected chi connectivity index (χ1v) is 7.14. The fourth-order valence-corrected chi connectivity index (χ4v) is 1.89. The van der Waals surface area contributed by atoms with E-state index in [4.69, 9.17) is 10.5 Å². The number of ether oxygens (including phenoxy) is 1. The fraction of sp³-hybridized carbons (Fsp3) is 1.00. The summed E-state index contributed by atoms with van der Waals surface area (Å²) in [5.41, 5.74) is 5.92. The Morgan fingerprint density at radius 3 is 2.00 bits per heavy atom. The third-order valence-corrected chi connectivity index (χ3v) is 2.96. The van der Waals surface area contributed by atoms with E-state index in [2.05, 4.69) is 6.92 Å². The highest BCUT2D eigenvalue weighted by Gasteiger charge is 2.01. The van der Waals surface area contributed by atoms with Crippen LogP contribution in [0.2, 0.25) is 0 Å². The van der Waals surface area contributed by atoms with Crippen LogP contribution in [-0.2, 0) is 4.74 Å². The van der Waals surface area contributed by atoms with E-state index in [0.717, 1.165) is 19.6 Å². The van der Waals surface area contributed by atoms with Gasteiger partial charge in [0, 0.05) is 12.6 Å². The van der Waals surface area contributed by atoms with Crippen molar-refractivity contribution in [2.75, 3.05) is 13.2 Å². The van der Waals surface area contributed by atoms with E-state index < -0.39 is 0 Å². The van der Waals surface area contributed by atoms with Crippen molar-refractivity contribution in [3.63, 3.8) is 0 Å². The molecule has 0 aliphatic heterocycles. The molecule has 0 amide bonds. The Morgan fingerprint density at radius 2 is 1.44 bits per heavy atom. The predicted octanol–water partition coefficient (Wildman–Crippen LogP) is 3.88. The Balaban J connectivity index is 3.02. The zero-order valence-electron chi connectivity index (χ0n) is 11.3. The van der Waals surface area contributed by atoms with Gasteiger partial charge in [-0.3, -0.25) is 0 Å². The summed E-state index contributed by atoms with van der Waals surface area (Å²) in [5, 5.41) is 0. The minimum absolute atomic E-state index is 0.250. The molecule has 0 saturated heterocycles. The smallest absolute Gasteiger partial charge is 0.0617 e. The van der Waals surface area contributed by atoms with Crippen LogP contribution in [0.1, 0.15) is 71.6 Å². The van der Waals surface area contributed by atoms with Crippen molar-refractivity contribution in [2.45, 2.75) is 77.7 Å². The highest BCUT2D eigenvalue weighted by atomic mass is 16.5. The van der Waals surface area contributed by atoms with Gasteiger partial charge < -0.3 is 10.5 Å². The first-order valence-electron chi connectivity index (χ1n) is 7.14. The van der Waals surface area contributed by atoms with Crippen LogP contribution >= 0.6 is 0 Å². The SMILES string of the molecule is CCCCCCCCCCC(N)COCC. The quantitative estimate of drug-likeness (QED) is 0.515. The Morgan fingerprint density at radius 1 is 0.875 bits per heavy atom. The third-order valence-electron chi connectivity index (χ3n) is 2.96. The van der Waals surface area contributed by atoms with Crippen LogP contribution in [0.4, 0.5) is 0 Å². The molecule has 16 heavy (non-hydrogen) atoms. The van der Waals surface area contributed by atoms with E-state index in [1.54, 1.807) is 0 Å². The molecular formula is C14H31NO. The lowest BCUT2D eigenvalue weighted by Gasteiger charge is -2.10. The summed E-state index contributed by atoms with van der Waals surface area (Å²) >= 11 is 0. The molecule has 0 bridgehead atoms. The second kappa shape index (κ2) is 13.0. The van der Waals surface area contributed by atoms with E-state index in [1.807, 2.05) is 6.92 Å². The van der Waals surface area contributed by atoms with E-state index in [-0.39, 0.29) is 6.04 Å². The highest BCUT2D eigenvalue weighted by Crippen LogP contribution is 2.10. The number of hydrogen-bond acceptors (Lipinski definition) is 2. The van der Waals surface area contributed by atoms with Crippen LogP contribution in [0, 0.1) is 0 Å². The zero-order chi connectivity index (χ0) is 12.1. The Bertz CT molecular complexity index is 128.